The molecule has 0 aliphatic rings. The summed E-state index contributed by atoms with van der Waals surface area (Å²) in [6, 6.07) is 0. The summed E-state index contributed by atoms with van der Waals surface area (Å²) in [6.45, 7) is 9.26. The summed E-state index contributed by atoms with van der Waals surface area (Å²) in [7, 11) is 0. The molecule has 0 saturated carbocycles. The maximum Gasteiger partial charge on any atom is 0.0839 e. The molecule has 0 aromatic rings. The van der Waals surface area contributed by atoms with E-state index in [9.17, 15) is 4.91 Å². The molecule has 0 N–H and O–H groups in total. The first-order chi connectivity index (χ1) is 5.67. The molecule has 0 aliphatic heterocycles. The SMILES string of the molecule is CC[C@@H]([C@@H](C)CC)[C@@H](C)CN=O. The quantitative estimate of drug-likeness (QED) is 0.563. The highest BCUT2D eigenvalue weighted by Crippen LogP contribution is 2.26. The van der Waals surface area contributed by atoms with Crippen molar-refractivity contribution in [3.63, 3.8) is 0 Å². The normalized spacial score (nSPS) is 18.3. The Hall–Kier alpha value is -0.400. The minimum absolute atomic E-state index is 0.447. The Bertz CT molecular complexity index is 125. The van der Waals surface area contributed by atoms with Crippen molar-refractivity contribution in [2.24, 2.45) is 22.9 Å². The molecule has 0 fully saturated rings. The third kappa shape index (κ3) is 3.33. The van der Waals surface area contributed by atoms with Gasteiger partial charge < -0.3 is 0 Å². The lowest BCUT2D eigenvalue weighted by Crippen LogP contribution is -2.20. The molecule has 0 amide bonds. The molecule has 12 heavy (non-hydrogen) atoms. The molecular formula is C10H21NO. The predicted octanol–water partition coefficient (Wildman–Crippen LogP) is 3.46. The van der Waals surface area contributed by atoms with Gasteiger partial charge in [-0.15, -0.1) is 0 Å². The maximum atomic E-state index is 10.1. The van der Waals surface area contributed by atoms with Crippen molar-refractivity contribution in [3.8, 4) is 0 Å². The van der Waals surface area contributed by atoms with Gasteiger partial charge in [-0.25, -0.2) is 0 Å². The summed E-state index contributed by atoms with van der Waals surface area (Å²) in [5.74, 6) is 1.82. The summed E-state index contributed by atoms with van der Waals surface area (Å²) in [6.07, 6.45) is 2.35. The summed E-state index contributed by atoms with van der Waals surface area (Å²) < 4.78 is 0. The van der Waals surface area contributed by atoms with Crippen LogP contribution in [0.3, 0.4) is 0 Å². The van der Waals surface area contributed by atoms with E-state index in [1.165, 1.54) is 6.42 Å². The van der Waals surface area contributed by atoms with Gasteiger partial charge in [-0.2, -0.15) is 4.91 Å². The Morgan fingerprint density at radius 2 is 1.67 bits per heavy atom. The minimum atomic E-state index is 0.447. The van der Waals surface area contributed by atoms with Gasteiger partial charge in [0.1, 0.15) is 0 Å². The molecule has 72 valence electrons. The van der Waals surface area contributed by atoms with Crippen molar-refractivity contribution in [3.05, 3.63) is 4.91 Å². The Labute approximate surface area is 75.7 Å². The van der Waals surface area contributed by atoms with E-state index in [1.807, 2.05) is 0 Å². The van der Waals surface area contributed by atoms with Crippen LogP contribution >= 0.6 is 0 Å². The second-order valence-electron chi connectivity index (χ2n) is 3.75. The van der Waals surface area contributed by atoms with E-state index < -0.39 is 0 Å². The fourth-order valence-corrected chi connectivity index (χ4v) is 1.92. The highest BCUT2D eigenvalue weighted by atomic mass is 16.3. The van der Waals surface area contributed by atoms with Crippen LogP contribution in [0.25, 0.3) is 0 Å². The first-order valence-corrected chi connectivity index (χ1v) is 4.96. The van der Waals surface area contributed by atoms with E-state index >= 15 is 0 Å². The minimum Gasteiger partial charge on any atom is -0.151 e. The van der Waals surface area contributed by atoms with Crippen molar-refractivity contribution in [2.45, 2.75) is 40.5 Å². The van der Waals surface area contributed by atoms with Gasteiger partial charge in [0.05, 0.1) is 6.54 Å². The maximum absolute atomic E-state index is 10.1. The molecule has 0 spiro atoms. The second kappa shape index (κ2) is 6.15. The third-order valence-electron chi connectivity index (χ3n) is 2.94. The number of nitrogens with zero attached hydrogens (tertiary/aromatic N) is 1. The number of rotatable bonds is 6. The van der Waals surface area contributed by atoms with Gasteiger partial charge >= 0.3 is 0 Å². The van der Waals surface area contributed by atoms with Crippen LogP contribution in [-0.2, 0) is 0 Å². The molecule has 0 aromatic heterocycles. The molecule has 0 aliphatic carbocycles. The highest BCUT2D eigenvalue weighted by Gasteiger charge is 2.20. The van der Waals surface area contributed by atoms with Crippen molar-refractivity contribution >= 4 is 0 Å². The van der Waals surface area contributed by atoms with Gasteiger partial charge in [0, 0.05) is 0 Å². The molecule has 0 bridgehead atoms. The van der Waals surface area contributed by atoms with Crippen LogP contribution in [0.5, 0.6) is 0 Å². The van der Waals surface area contributed by atoms with Crippen molar-refractivity contribution < 1.29 is 0 Å². The molecule has 0 saturated heterocycles. The van der Waals surface area contributed by atoms with Gasteiger partial charge in [-0.05, 0) is 17.8 Å². The zero-order valence-electron chi connectivity index (χ0n) is 8.71. The van der Waals surface area contributed by atoms with Crippen LogP contribution in [-0.4, -0.2) is 6.54 Å². The highest BCUT2D eigenvalue weighted by molar-refractivity contribution is 4.71. The van der Waals surface area contributed by atoms with Crippen LogP contribution in [0, 0.1) is 22.7 Å². The zero-order chi connectivity index (χ0) is 9.56. The summed E-state index contributed by atoms with van der Waals surface area (Å²) in [5, 5.41) is 2.97. The molecule has 0 unspecified atom stereocenters. The molecule has 2 heteroatoms. The predicted molar refractivity (Wildman–Crippen MR) is 53.1 cm³/mol. The first kappa shape index (κ1) is 11.6. The van der Waals surface area contributed by atoms with Gasteiger partial charge in [-0.3, -0.25) is 0 Å². The summed E-state index contributed by atoms with van der Waals surface area (Å²) in [4.78, 5) is 10.1. The molecule has 2 nitrogen and oxygen atoms in total. The monoisotopic (exact) mass is 171 g/mol. The Morgan fingerprint density at radius 3 is 2.00 bits per heavy atom. The lowest BCUT2D eigenvalue weighted by molar-refractivity contribution is 0.246. The van der Waals surface area contributed by atoms with Gasteiger partial charge in [-0.1, -0.05) is 45.7 Å². The van der Waals surface area contributed by atoms with Gasteiger partial charge in [0.25, 0.3) is 0 Å². The zero-order valence-corrected chi connectivity index (χ0v) is 8.71. The summed E-state index contributed by atoms with van der Waals surface area (Å²) >= 11 is 0. The number of hydrogen-bond acceptors (Lipinski definition) is 2. The fourth-order valence-electron chi connectivity index (χ4n) is 1.92. The van der Waals surface area contributed by atoms with Crippen molar-refractivity contribution in [2.75, 3.05) is 6.54 Å². The van der Waals surface area contributed by atoms with E-state index in [0.717, 1.165) is 6.42 Å². The number of hydrogen-bond donors (Lipinski definition) is 0. The average Bonchev–Trinajstić information content (AvgIpc) is 2.06. The van der Waals surface area contributed by atoms with Crippen molar-refractivity contribution in [1.82, 2.24) is 0 Å². The first-order valence-electron chi connectivity index (χ1n) is 4.96. The van der Waals surface area contributed by atoms with Crippen molar-refractivity contribution in [1.29, 1.82) is 0 Å². The lowest BCUT2D eigenvalue weighted by Gasteiger charge is -2.26. The van der Waals surface area contributed by atoms with E-state index in [2.05, 4.69) is 32.9 Å². The van der Waals surface area contributed by atoms with Gasteiger partial charge in [0.15, 0.2) is 0 Å². The Morgan fingerprint density at radius 1 is 1.08 bits per heavy atom. The van der Waals surface area contributed by atoms with Crippen LogP contribution < -0.4 is 0 Å². The fraction of sp³-hybridized carbons (Fsp3) is 1.00. The topological polar surface area (TPSA) is 29.4 Å². The standard InChI is InChI=1S/C10H21NO/c1-5-8(3)10(6-2)9(4)7-11-12/h8-10H,5-7H2,1-4H3/t8-,9-,10-/m0/s1. The second-order valence-corrected chi connectivity index (χ2v) is 3.75. The Kier molecular flexibility index (Phi) is 5.95. The van der Waals surface area contributed by atoms with E-state index in [-0.39, 0.29) is 0 Å². The van der Waals surface area contributed by atoms with E-state index in [4.69, 9.17) is 0 Å². The Balaban J connectivity index is 4.02. The largest absolute Gasteiger partial charge is 0.151 e. The van der Waals surface area contributed by atoms with Crippen LogP contribution in [0.15, 0.2) is 5.18 Å². The average molecular weight is 171 g/mol. The molecule has 0 aromatic carbocycles. The van der Waals surface area contributed by atoms with Gasteiger partial charge in [0.2, 0.25) is 0 Å². The van der Waals surface area contributed by atoms with Crippen LogP contribution in [0.2, 0.25) is 0 Å². The molecule has 0 radical (unpaired) electrons. The van der Waals surface area contributed by atoms with E-state index in [0.29, 0.717) is 24.3 Å². The third-order valence-corrected chi connectivity index (χ3v) is 2.94. The van der Waals surface area contributed by atoms with E-state index in [1.54, 1.807) is 0 Å². The lowest BCUT2D eigenvalue weighted by atomic mass is 9.80. The van der Waals surface area contributed by atoms with Crippen LogP contribution in [0.4, 0.5) is 0 Å². The number of nitroso groups, excluding NO2 is 1. The molecule has 3 atom stereocenters. The van der Waals surface area contributed by atoms with Crippen LogP contribution in [0.1, 0.15) is 40.5 Å². The molecule has 0 heterocycles. The molecular weight excluding hydrogens is 150 g/mol. The smallest absolute Gasteiger partial charge is 0.0839 e. The summed E-state index contributed by atoms with van der Waals surface area (Å²) in [5.41, 5.74) is 0. The molecule has 0 rings (SSSR count).